The number of nitrogens with two attached hydrogens (primary N) is 1. The summed E-state index contributed by atoms with van der Waals surface area (Å²) in [6.07, 6.45) is -0.330. The van der Waals surface area contributed by atoms with E-state index in [9.17, 15) is 5.11 Å². The largest absolute Gasteiger partial charge is 0.392 e. The van der Waals surface area contributed by atoms with E-state index in [1.807, 2.05) is 31.4 Å². The van der Waals surface area contributed by atoms with E-state index >= 15 is 0 Å². The lowest BCUT2D eigenvalue weighted by atomic mass is 9.92. The molecule has 0 fully saturated rings. The van der Waals surface area contributed by atoms with Gasteiger partial charge in [0.15, 0.2) is 0 Å². The van der Waals surface area contributed by atoms with Gasteiger partial charge in [-0.25, -0.2) is 0 Å². The molecular weight excluding hydrogens is 182 g/mol. The third-order valence-electron chi connectivity index (χ3n) is 2.26. The molecule has 0 saturated carbocycles. The van der Waals surface area contributed by atoms with Crippen molar-refractivity contribution < 1.29 is 5.11 Å². The van der Waals surface area contributed by atoms with Gasteiger partial charge in [0, 0.05) is 17.3 Å². The van der Waals surface area contributed by atoms with Crippen molar-refractivity contribution in [3.8, 4) is 0 Å². The molecule has 0 aliphatic rings. The van der Waals surface area contributed by atoms with Gasteiger partial charge in [-0.2, -0.15) is 0 Å². The van der Waals surface area contributed by atoms with Crippen LogP contribution in [0.25, 0.3) is 0 Å². The van der Waals surface area contributed by atoms with E-state index in [4.69, 9.17) is 5.73 Å². The molecule has 2 atom stereocenters. The van der Waals surface area contributed by atoms with E-state index in [-0.39, 0.29) is 17.9 Å². The highest BCUT2D eigenvalue weighted by molar-refractivity contribution is 7.10. The lowest BCUT2D eigenvalue weighted by Crippen LogP contribution is -2.29. The van der Waals surface area contributed by atoms with Crippen molar-refractivity contribution in [1.29, 1.82) is 0 Å². The summed E-state index contributed by atoms with van der Waals surface area (Å²) >= 11 is 1.66. The van der Waals surface area contributed by atoms with Crippen LogP contribution in [0.3, 0.4) is 0 Å². The second kappa shape index (κ2) is 4.74. The zero-order valence-electron chi connectivity index (χ0n) is 8.10. The van der Waals surface area contributed by atoms with Gasteiger partial charge in [-0.1, -0.05) is 19.9 Å². The van der Waals surface area contributed by atoms with Crippen molar-refractivity contribution in [1.82, 2.24) is 0 Å². The fraction of sp³-hybridized carbons (Fsp3) is 0.600. The molecule has 0 aliphatic carbocycles. The Bertz CT molecular complexity index is 233. The first-order chi connectivity index (χ1) is 6.16. The van der Waals surface area contributed by atoms with Gasteiger partial charge in [-0.05, 0) is 17.4 Å². The fourth-order valence-electron chi connectivity index (χ4n) is 1.39. The SMILES string of the molecule is CC(C)C(O)C(CN)c1cccs1. The summed E-state index contributed by atoms with van der Waals surface area (Å²) < 4.78 is 0. The Labute approximate surface area is 83.4 Å². The Hall–Kier alpha value is -0.380. The maximum Gasteiger partial charge on any atom is 0.0651 e. The third-order valence-corrected chi connectivity index (χ3v) is 3.26. The average molecular weight is 199 g/mol. The van der Waals surface area contributed by atoms with Crippen molar-refractivity contribution in [3.05, 3.63) is 22.4 Å². The summed E-state index contributed by atoms with van der Waals surface area (Å²) in [5, 5.41) is 11.9. The minimum atomic E-state index is -0.330. The average Bonchev–Trinajstić information content (AvgIpc) is 2.58. The van der Waals surface area contributed by atoms with Crippen molar-refractivity contribution in [2.45, 2.75) is 25.9 Å². The van der Waals surface area contributed by atoms with Crippen LogP contribution in [0.1, 0.15) is 24.6 Å². The minimum Gasteiger partial charge on any atom is -0.392 e. The highest BCUT2D eigenvalue weighted by Gasteiger charge is 2.22. The third kappa shape index (κ3) is 2.53. The number of thiophene rings is 1. The van der Waals surface area contributed by atoms with Crippen LogP contribution in [0.4, 0.5) is 0 Å². The molecule has 0 amide bonds. The van der Waals surface area contributed by atoms with Gasteiger partial charge < -0.3 is 10.8 Å². The molecule has 1 rings (SSSR count). The minimum absolute atomic E-state index is 0.0972. The fourth-order valence-corrected chi connectivity index (χ4v) is 2.27. The maximum atomic E-state index is 9.88. The van der Waals surface area contributed by atoms with E-state index in [0.717, 1.165) is 0 Å². The van der Waals surface area contributed by atoms with E-state index in [1.54, 1.807) is 11.3 Å². The Morgan fingerprint density at radius 3 is 2.62 bits per heavy atom. The van der Waals surface area contributed by atoms with Gasteiger partial charge in [0.05, 0.1) is 6.10 Å². The van der Waals surface area contributed by atoms with Gasteiger partial charge in [-0.3, -0.25) is 0 Å². The summed E-state index contributed by atoms with van der Waals surface area (Å²) in [4.78, 5) is 1.18. The van der Waals surface area contributed by atoms with Crippen LogP contribution in [0.5, 0.6) is 0 Å². The molecule has 2 unspecified atom stereocenters. The summed E-state index contributed by atoms with van der Waals surface area (Å²) in [6, 6.07) is 4.03. The van der Waals surface area contributed by atoms with Crippen LogP contribution in [0.2, 0.25) is 0 Å². The topological polar surface area (TPSA) is 46.2 Å². The molecule has 2 nitrogen and oxygen atoms in total. The quantitative estimate of drug-likeness (QED) is 0.777. The zero-order valence-corrected chi connectivity index (χ0v) is 8.92. The molecule has 1 aromatic rings. The van der Waals surface area contributed by atoms with Crippen molar-refractivity contribution >= 4 is 11.3 Å². The summed E-state index contributed by atoms with van der Waals surface area (Å²) in [6.45, 7) is 4.54. The maximum absolute atomic E-state index is 9.88. The molecule has 0 spiro atoms. The van der Waals surface area contributed by atoms with Crippen LogP contribution >= 0.6 is 11.3 Å². The number of aliphatic hydroxyl groups excluding tert-OH is 1. The van der Waals surface area contributed by atoms with Crippen molar-refractivity contribution in [2.24, 2.45) is 11.7 Å². The van der Waals surface area contributed by atoms with Gasteiger partial charge in [-0.15, -0.1) is 11.3 Å². The van der Waals surface area contributed by atoms with Gasteiger partial charge in [0.25, 0.3) is 0 Å². The number of hydrogen-bond acceptors (Lipinski definition) is 3. The van der Waals surface area contributed by atoms with Gasteiger partial charge in [0.2, 0.25) is 0 Å². The first kappa shape index (κ1) is 10.7. The molecular formula is C10H17NOS. The van der Waals surface area contributed by atoms with E-state index in [1.165, 1.54) is 4.88 Å². The summed E-state index contributed by atoms with van der Waals surface area (Å²) in [7, 11) is 0. The highest BCUT2D eigenvalue weighted by atomic mass is 32.1. The second-order valence-electron chi connectivity index (χ2n) is 3.59. The molecule has 3 N–H and O–H groups in total. The molecule has 3 heteroatoms. The van der Waals surface area contributed by atoms with Gasteiger partial charge >= 0.3 is 0 Å². The van der Waals surface area contributed by atoms with E-state index in [2.05, 4.69) is 0 Å². The molecule has 0 aliphatic heterocycles. The normalized spacial score (nSPS) is 16.1. The predicted octanol–water partition coefficient (Wildman–Crippen LogP) is 1.81. The lowest BCUT2D eigenvalue weighted by Gasteiger charge is -2.23. The lowest BCUT2D eigenvalue weighted by molar-refractivity contribution is 0.0997. The standard InChI is InChI=1S/C10H17NOS/c1-7(2)10(12)8(6-11)9-4-3-5-13-9/h3-5,7-8,10,12H,6,11H2,1-2H3. The Kier molecular flexibility index (Phi) is 3.90. The Morgan fingerprint density at radius 2 is 2.23 bits per heavy atom. The van der Waals surface area contributed by atoms with Crippen LogP contribution in [-0.2, 0) is 0 Å². The first-order valence-corrected chi connectivity index (χ1v) is 5.46. The number of rotatable bonds is 4. The van der Waals surface area contributed by atoms with Crippen molar-refractivity contribution in [3.63, 3.8) is 0 Å². The smallest absolute Gasteiger partial charge is 0.0651 e. The molecule has 0 saturated heterocycles. The Balaban J connectivity index is 2.74. The van der Waals surface area contributed by atoms with Crippen LogP contribution < -0.4 is 5.73 Å². The first-order valence-electron chi connectivity index (χ1n) is 4.58. The second-order valence-corrected chi connectivity index (χ2v) is 4.57. The van der Waals surface area contributed by atoms with E-state index in [0.29, 0.717) is 6.54 Å². The molecule has 0 radical (unpaired) electrons. The predicted molar refractivity (Wildman–Crippen MR) is 57.0 cm³/mol. The Morgan fingerprint density at radius 1 is 1.54 bits per heavy atom. The number of aliphatic hydroxyl groups is 1. The van der Waals surface area contributed by atoms with Crippen LogP contribution in [-0.4, -0.2) is 17.8 Å². The monoisotopic (exact) mass is 199 g/mol. The molecule has 0 aromatic carbocycles. The van der Waals surface area contributed by atoms with E-state index < -0.39 is 0 Å². The van der Waals surface area contributed by atoms with Crippen LogP contribution in [0.15, 0.2) is 17.5 Å². The summed E-state index contributed by atoms with van der Waals surface area (Å²) in [5.41, 5.74) is 5.65. The molecule has 1 aromatic heterocycles. The summed E-state index contributed by atoms with van der Waals surface area (Å²) in [5.74, 6) is 0.357. The van der Waals surface area contributed by atoms with Gasteiger partial charge in [0.1, 0.15) is 0 Å². The van der Waals surface area contributed by atoms with Crippen LogP contribution in [0, 0.1) is 5.92 Å². The highest BCUT2D eigenvalue weighted by Crippen LogP contribution is 2.26. The molecule has 1 heterocycles. The zero-order chi connectivity index (χ0) is 9.84. The molecule has 74 valence electrons. The molecule has 13 heavy (non-hydrogen) atoms. The van der Waals surface area contributed by atoms with Crippen molar-refractivity contribution in [2.75, 3.05) is 6.54 Å². The number of hydrogen-bond donors (Lipinski definition) is 2. The molecule has 0 bridgehead atoms.